The molecule has 3 rings (SSSR count). The van der Waals surface area contributed by atoms with E-state index in [1.807, 2.05) is 0 Å². The second-order valence-electron chi connectivity index (χ2n) is 6.06. The number of aromatic nitrogens is 2. The number of rotatable bonds is 5. The molecule has 0 aliphatic heterocycles. The number of methoxy groups -OCH3 is 1. The number of hydrogen-bond donors (Lipinski definition) is 1. The number of alkyl halides is 3. The lowest BCUT2D eigenvalue weighted by atomic mass is 10.1. The van der Waals surface area contributed by atoms with Gasteiger partial charge in [0, 0.05) is 28.9 Å². The van der Waals surface area contributed by atoms with E-state index in [1.165, 1.54) is 37.7 Å². The van der Waals surface area contributed by atoms with Crippen molar-refractivity contribution >= 4 is 23.1 Å². The van der Waals surface area contributed by atoms with Gasteiger partial charge in [0.1, 0.15) is 23.0 Å². The number of nitrogens with zero attached hydrogens (tertiary/aromatic N) is 3. The van der Waals surface area contributed by atoms with Crippen LogP contribution in [0.1, 0.15) is 16.7 Å². The topological polar surface area (TPSA) is 88.1 Å². The van der Waals surface area contributed by atoms with Gasteiger partial charge in [-0.05, 0) is 24.3 Å². The molecule has 0 saturated heterocycles. The average molecular weight is 401 g/mol. The van der Waals surface area contributed by atoms with Gasteiger partial charge in [0.25, 0.3) is 0 Å². The highest BCUT2D eigenvalue weighted by Crippen LogP contribution is 2.38. The SMILES string of the molecule is COc1c(Cn2cc(/C=C(\C#N)C(=O)O)c3cccnc32)cccc1C(F)(F)F. The lowest BCUT2D eigenvalue weighted by molar-refractivity contribution is -0.138. The minimum Gasteiger partial charge on any atom is -0.496 e. The first-order valence-corrected chi connectivity index (χ1v) is 8.28. The molecule has 29 heavy (non-hydrogen) atoms. The Bertz CT molecular complexity index is 1160. The summed E-state index contributed by atoms with van der Waals surface area (Å²) in [6.45, 7) is 0.00338. The molecule has 9 heteroatoms. The number of halogens is 3. The van der Waals surface area contributed by atoms with Crippen LogP contribution < -0.4 is 4.74 Å². The highest BCUT2D eigenvalue weighted by molar-refractivity contribution is 5.99. The van der Waals surface area contributed by atoms with E-state index < -0.39 is 23.3 Å². The van der Waals surface area contributed by atoms with E-state index in [2.05, 4.69) is 4.98 Å². The van der Waals surface area contributed by atoms with E-state index in [1.54, 1.807) is 22.8 Å². The van der Waals surface area contributed by atoms with Crippen LogP contribution >= 0.6 is 0 Å². The molecular formula is C20H14F3N3O3. The fourth-order valence-corrected chi connectivity index (χ4v) is 3.04. The standard InChI is InChI=1S/C20H14F3N3O3/c1-29-17-12(4-2-6-16(17)20(21,22)23)10-26-11-14(8-13(9-24)19(27)28)15-5-3-7-25-18(15)26/h2-8,11H,10H2,1H3,(H,27,28)/b13-8+. The smallest absolute Gasteiger partial charge is 0.419 e. The summed E-state index contributed by atoms with van der Waals surface area (Å²) >= 11 is 0. The third-order valence-electron chi connectivity index (χ3n) is 4.26. The fourth-order valence-electron chi connectivity index (χ4n) is 3.04. The van der Waals surface area contributed by atoms with E-state index in [4.69, 9.17) is 15.1 Å². The van der Waals surface area contributed by atoms with Gasteiger partial charge in [-0.1, -0.05) is 12.1 Å². The van der Waals surface area contributed by atoms with Crippen LogP contribution in [0.5, 0.6) is 5.75 Å². The molecule has 0 fully saturated rings. The van der Waals surface area contributed by atoms with Crippen molar-refractivity contribution in [2.75, 3.05) is 7.11 Å². The Morgan fingerprint density at radius 1 is 1.34 bits per heavy atom. The summed E-state index contributed by atoms with van der Waals surface area (Å²) in [7, 11) is 1.17. The Morgan fingerprint density at radius 2 is 2.10 bits per heavy atom. The summed E-state index contributed by atoms with van der Waals surface area (Å²) in [6, 6.07) is 8.67. The first-order chi connectivity index (χ1) is 13.8. The van der Waals surface area contributed by atoms with Crippen LogP contribution in [0.4, 0.5) is 13.2 Å². The van der Waals surface area contributed by atoms with Crippen LogP contribution in [0, 0.1) is 11.3 Å². The molecule has 0 aliphatic rings. The molecule has 0 bridgehead atoms. The summed E-state index contributed by atoms with van der Waals surface area (Å²) in [5, 5.41) is 18.7. The van der Waals surface area contributed by atoms with Gasteiger partial charge < -0.3 is 14.4 Å². The Balaban J connectivity index is 2.14. The molecule has 0 atom stereocenters. The summed E-state index contributed by atoms with van der Waals surface area (Å²) in [5.41, 5.74) is -0.234. The number of carboxylic acid groups (broad SMARTS) is 1. The number of carbonyl (C=O) groups is 1. The quantitative estimate of drug-likeness (QED) is 0.514. The number of hydrogen-bond acceptors (Lipinski definition) is 4. The maximum absolute atomic E-state index is 13.3. The van der Waals surface area contributed by atoms with E-state index in [-0.39, 0.29) is 17.9 Å². The lowest BCUT2D eigenvalue weighted by Crippen LogP contribution is -2.10. The minimum atomic E-state index is -4.57. The summed E-state index contributed by atoms with van der Waals surface area (Å²) in [5.74, 6) is -1.67. The van der Waals surface area contributed by atoms with Crippen molar-refractivity contribution in [3.63, 3.8) is 0 Å². The number of fused-ring (bicyclic) bond motifs is 1. The molecular weight excluding hydrogens is 387 g/mol. The zero-order valence-corrected chi connectivity index (χ0v) is 15.1. The van der Waals surface area contributed by atoms with E-state index in [0.29, 0.717) is 16.6 Å². The zero-order valence-electron chi connectivity index (χ0n) is 15.1. The van der Waals surface area contributed by atoms with Gasteiger partial charge >= 0.3 is 12.1 Å². The normalized spacial score (nSPS) is 12.0. The summed E-state index contributed by atoms with van der Waals surface area (Å²) in [6.07, 6.45) is -0.322. The number of aliphatic carboxylic acids is 1. The molecule has 1 aromatic carbocycles. The molecule has 0 unspecified atom stereocenters. The van der Waals surface area contributed by atoms with Crippen molar-refractivity contribution in [3.05, 3.63) is 65.0 Å². The number of ether oxygens (including phenoxy) is 1. The lowest BCUT2D eigenvalue weighted by Gasteiger charge is -2.16. The van der Waals surface area contributed by atoms with Crippen molar-refractivity contribution in [2.24, 2.45) is 0 Å². The largest absolute Gasteiger partial charge is 0.496 e. The molecule has 6 nitrogen and oxygen atoms in total. The molecule has 0 spiro atoms. The molecule has 0 radical (unpaired) electrons. The number of pyridine rings is 1. The van der Waals surface area contributed by atoms with Gasteiger partial charge in [0.15, 0.2) is 0 Å². The van der Waals surface area contributed by atoms with Crippen LogP contribution in [0.25, 0.3) is 17.1 Å². The van der Waals surface area contributed by atoms with Crippen LogP contribution in [0.3, 0.4) is 0 Å². The van der Waals surface area contributed by atoms with Crippen LogP contribution in [0.15, 0.2) is 48.3 Å². The highest BCUT2D eigenvalue weighted by Gasteiger charge is 2.35. The second kappa shape index (κ2) is 7.67. The molecule has 0 aliphatic carbocycles. The first kappa shape index (κ1) is 19.9. The molecule has 1 N–H and O–H groups in total. The Morgan fingerprint density at radius 3 is 2.72 bits per heavy atom. The van der Waals surface area contributed by atoms with Gasteiger partial charge in [-0.3, -0.25) is 0 Å². The summed E-state index contributed by atoms with van der Waals surface area (Å²) in [4.78, 5) is 15.4. The maximum Gasteiger partial charge on any atom is 0.419 e. The predicted octanol–water partition coefficient (Wildman–Crippen LogP) is 4.10. The Labute approximate surface area is 163 Å². The molecule has 3 aromatic rings. The van der Waals surface area contributed by atoms with Crippen LogP contribution in [0.2, 0.25) is 0 Å². The van der Waals surface area contributed by atoms with Crippen molar-refractivity contribution in [1.29, 1.82) is 5.26 Å². The average Bonchev–Trinajstić information content (AvgIpc) is 3.02. The Kier molecular flexibility index (Phi) is 5.28. The second-order valence-corrected chi connectivity index (χ2v) is 6.06. The molecule has 2 heterocycles. The van der Waals surface area contributed by atoms with Crippen molar-refractivity contribution < 1.29 is 27.8 Å². The van der Waals surface area contributed by atoms with Crippen molar-refractivity contribution in [3.8, 4) is 11.8 Å². The molecule has 2 aromatic heterocycles. The number of nitriles is 1. The zero-order chi connectivity index (χ0) is 21.2. The number of benzene rings is 1. The van der Waals surface area contributed by atoms with E-state index in [9.17, 15) is 18.0 Å². The van der Waals surface area contributed by atoms with Gasteiger partial charge in [0.05, 0.1) is 19.2 Å². The number of carboxylic acids is 1. The monoisotopic (exact) mass is 401 g/mol. The fraction of sp³-hybridized carbons (Fsp3) is 0.150. The molecule has 0 amide bonds. The van der Waals surface area contributed by atoms with Gasteiger partial charge in [0.2, 0.25) is 0 Å². The van der Waals surface area contributed by atoms with Gasteiger partial charge in [-0.15, -0.1) is 0 Å². The summed E-state index contributed by atoms with van der Waals surface area (Å²) < 4.78 is 46.4. The van der Waals surface area contributed by atoms with Crippen molar-refractivity contribution in [2.45, 2.75) is 12.7 Å². The third-order valence-corrected chi connectivity index (χ3v) is 4.26. The van der Waals surface area contributed by atoms with Crippen LogP contribution in [-0.2, 0) is 17.5 Å². The number of para-hydroxylation sites is 1. The Hall–Kier alpha value is -3.80. The predicted molar refractivity (Wildman–Crippen MR) is 98.1 cm³/mol. The third kappa shape index (κ3) is 3.91. The first-order valence-electron chi connectivity index (χ1n) is 8.28. The van der Waals surface area contributed by atoms with E-state index in [0.717, 1.165) is 6.07 Å². The maximum atomic E-state index is 13.3. The molecule has 148 valence electrons. The van der Waals surface area contributed by atoms with Gasteiger partial charge in [-0.2, -0.15) is 18.4 Å². The molecule has 0 saturated carbocycles. The minimum absolute atomic E-state index is 0.00338. The van der Waals surface area contributed by atoms with E-state index >= 15 is 0 Å². The van der Waals surface area contributed by atoms with Gasteiger partial charge in [-0.25, -0.2) is 9.78 Å². The van der Waals surface area contributed by atoms with Crippen LogP contribution in [-0.4, -0.2) is 27.7 Å². The van der Waals surface area contributed by atoms with Crippen molar-refractivity contribution in [1.82, 2.24) is 9.55 Å². The highest BCUT2D eigenvalue weighted by atomic mass is 19.4.